The molecule has 2 nitrogen and oxygen atoms in total. The highest BCUT2D eigenvalue weighted by Gasteiger charge is 2.17. The van der Waals surface area contributed by atoms with Crippen LogP contribution in [-0.4, -0.2) is 9.97 Å². The van der Waals surface area contributed by atoms with E-state index in [1.807, 2.05) is 0 Å². The molecular weight excluding hydrogens is 304 g/mol. The fourth-order valence-electron chi connectivity index (χ4n) is 3.40. The highest BCUT2D eigenvalue weighted by molar-refractivity contribution is 5.75. The van der Waals surface area contributed by atoms with Crippen LogP contribution in [0.5, 0.6) is 0 Å². The summed E-state index contributed by atoms with van der Waals surface area (Å²) in [5.41, 5.74) is 6.12. The van der Waals surface area contributed by atoms with Gasteiger partial charge in [-0.15, -0.1) is 0 Å². The zero-order chi connectivity index (χ0) is 17.1. The summed E-state index contributed by atoms with van der Waals surface area (Å²) < 4.78 is 0. The highest BCUT2D eigenvalue weighted by Crippen LogP contribution is 2.26. The van der Waals surface area contributed by atoms with E-state index in [2.05, 4.69) is 90.8 Å². The van der Waals surface area contributed by atoms with Crippen LogP contribution in [0, 0.1) is 6.92 Å². The Morgan fingerprint density at radius 1 is 0.800 bits per heavy atom. The molecule has 1 N–H and O–H groups in total. The first-order valence-electron chi connectivity index (χ1n) is 8.82. The molecule has 0 unspecified atom stereocenters. The third-order valence-electron chi connectivity index (χ3n) is 4.69. The number of aryl methyl sites for hydroxylation is 1. The molecule has 0 spiro atoms. The van der Waals surface area contributed by atoms with Gasteiger partial charge in [0.1, 0.15) is 5.82 Å². The summed E-state index contributed by atoms with van der Waals surface area (Å²) in [6.45, 7) is 2.12. The van der Waals surface area contributed by atoms with E-state index in [0.717, 1.165) is 29.7 Å². The van der Waals surface area contributed by atoms with Crippen molar-refractivity contribution in [3.05, 3.63) is 101 Å². The van der Waals surface area contributed by atoms with Gasteiger partial charge in [-0.3, -0.25) is 0 Å². The second-order valence-corrected chi connectivity index (χ2v) is 6.72. The lowest BCUT2D eigenvalue weighted by Crippen LogP contribution is -2.08. The van der Waals surface area contributed by atoms with E-state index < -0.39 is 0 Å². The summed E-state index contributed by atoms with van der Waals surface area (Å²) >= 11 is 0. The number of imidazole rings is 1. The van der Waals surface area contributed by atoms with Gasteiger partial charge in [-0.05, 0) is 48.6 Å². The van der Waals surface area contributed by atoms with Crippen LogP contribution in [0.4, 0.5) is 0 Å². The zero-order valence-electron chi connectivity index (χ0n) is 14.4. The highest BCUT2D eigenvalue weighted by atomic mass is 14.9. The Morgan fingerprint density at radius 3 is 2.00 bits per heavy atom. The van der Waals surface area contributed by atoms with Gasteiger partial charge in [-0.25, -0.2) is 4.98 Å². The fourth-order valence-corrected chi connectivity index (χ4v) is 3.40. The van der Waals surface area contributed by atoms with Crippen molar-refractivity contribution in [1.29, 1.82) is 0 Å². The van der Waals surface area contributed by atoms with Gasteiger partial charge in [0.15, 0.2) is 0 Å². The molecule has 0 saturated carbocycles. The third kappa shape index (κ3) is 3.63. The molecule has 25 heavy (non-hydrogen) atoms. The van der Waals surface area contributed by atoms with Crippen molar-refractivity contribution >= 4 is 11.0 Å². The number of benzene rings is 3. The summed E-state index contributed by atoms with van der Waals surface area (Å²) in [4.78, 5) is 8.46. The number of hydrogen-bond donors (Lipinski definition) is 1. The molecule has 0 amide bonds. The Morgan fingerprint density at radius 2 is 1.40 bits per heavy atom. The fraction of sp³-hybridized carbons (Fsp3) is 0.174. The molecular formula is C23H22N2. The molecule has 0 fully saturated rings. The van der Waals surface area contributed by atoms with E-state index in [1.165, 1.54) is 16.7 Å². The first kappa shape index (κ1) is 15.6. The van der Waals surface area contributed by atoms with E-state index >= 15 is 0 Å². The summed E-state index contributed by atoms with van der Waals surface area (Å²) in [6.07, 6.45) is 1.96. The van der Waals surface area contributed by atoms with Crippen LogP contribution in [0.25, 0.3) is 11.0 Å². The summed E-state index contributed by atoms with van der Waals surface area (Å²) in [6, 6.07) is 27.8. The van der Waals surface area contributed by atoms with E-state index in [4.69, 9.17) is 4.98 Å². The summed E-state index contributed by atoms with van der Waals surface area (Å²) in [5.74, 6) is 1.41. The molecule has 124 valence electrons. The van der Waals surface area contributed by atoms with Gasteiger partial charge >= 0.3 is 0 Å². The van der Waals surface area contributed by atoms with Gasteiger partial charge in [0, 0.05) is 5.92 Å². The van der Waals surface area contributed by atoms with Crippen molar-refractivity contribution < 1.29 is 0 Å². The lowest BCUT2D eigenvalue weighted by molar-refractivity contribution is 0.644. The largest absolute Gasteiger partial charge is 0.342 e. The maximum Gasteiger partial charge on any atom is 0.111 e. The minimum Gasteiger partial charge on any atom is -0.342 e. The first-order valence-corrected chi connectivity index (χ1v) is 8.82. The number of rotatable bonds is 5. The Hall–Kier alpha value is -2.87. The Labute approximate surface area is 148 Å². The SMILES string of the molecule is Cc1ccc2nc(C(Cc3ccccc3)Cc3ccccc3)[nH]c2c1. The Kier molecular flexibility index (Phi) is 4.34. The summed E-state index contributed by atoms with van der Waals surface area (Å²) in [5, 5.41) is 0. The Balaban J connectivity index is 1.70. The minimum absolute atomic E-state index is 0.331. The molecule has 0 radical (unpaired) electrons. The number of nitrogens with zero attached hydrogens (tertiary/aromatic N) is 1. The number of aromatic nitrogens is 2. The van der Waals surface area contributed by atoms with E-state index in [0.29, 0.717) is 5.92 Å². The second-order valence-electron chi connectivity index (χ2n) is 6.72. The lowest BCUT2D eigenvalue weighted by Gasteiger charge is -2.15. The van der Waals surface area contributed by atoms with Crippen molar-refractivity contribution in [3.63, 3.8) is 0 Å². The molecule has 0 aliphatic carbocycles. The first-order chi connectivity index (χ1) is 12.3. The van der Waals surface area contributed by atoms with Crippen molar-refractivity contribution in [2.24, 2.45) is 0 Å². The number of fused-ring (bicyclic) bond motifs is 1. The quantitative estimate of drug-likeness (QED) is 0.520. The van der Waals surface area contributed by atoms with E-state index in [9.17, 15) is 0 Å². The maximum atomic E-state index is 4.89. The standard InChI is InChI=1S/C23H22N2/c1-17-12-13-21-22(14-17)25-23(24-21)20(15-18-8-4-2-5-9-18)16-19-10-6-3-7-11-19/h2-14,20H,15-16H2,1H3,(H,24,25). The van der Waals surface area contributed by atoms with Crippen molar-refractivity contribution in [2.45, 2.75) is 25.7 Å². The maximum absolute atomic E-state index is 4.89. The molecule has 3 aromatic carbocycles. The van der Waals surface area contributed by atoms with Crippen molar-refractivity contribution in [2.75, 3.05) is 0 Å². The van der Waals surface area contributed by atoms with Gasteiger partial charge < -0.3 is 4.98 Å². The molecule has 0 bridgehead atoms. The number of nitrogens with one attached hydrogen (secondary N) is 1. The number of H-pyrrole nitrogens is 1. The van der Waals surface area contributed by atoms with Gasteiger partial charge in [-0.1, -0.05) is 66.7 Å². The van der Waals surface area contributed by atoms with Crippen LogP contribution in [0.2, 0.25) is 0 Å². The van der Waals surface area contributed by atoms with Crippen LogP contribution in [0.15, 0.2) is 78.9 Å². The van der Waals surface area contributed by atoms with Crippen molar-refractivity contribution in [3.8, 4) is 0 Å². The predicted molar refractivity (Wildman–Crippen MR) is 104 cm³/mol. The van der Waals surface area contributed by atoms with Crippen LogP contribution in [0.1, 0.15) is 28.4 Å². The molecule has 0 atom stereocenters. The topological polar surface area (TPSA) is 28.7 Å². The smallest absolute Gasteiger partial charge is 0.111 e. The second kappa shape index (κ2) is 6.94. The average Bonchev–Trinajstić information content (AvgIpc) is 3.06. The number of hydrogen-bond acceptors (Lipinski definition) is 1. The molecule has 0 aliphatic heterocycles. The monoisotopic (exact) mass is 326 g/mol. The van der Waals surface area contributed by atoms with E-state index in [-0.39, 0.29) is 0 Å². The van der Waals surface area contributed by atoms with Gasteiger partial charge in [0.25, 0.3) is 0 Å². The molecule has 4 aromatic rings. The summed E-state index contributed by atoms with van der Waals surface area (Å²) in [7, 11) is 0. The third-order valence-corrected chi connectivity index (χ3v) is 4.69. The van der Waals surface area contributed by atoms with E-state index in [1.54, 1.807) is 0 Å². The Bertz CT molecular complexity index is 914. The van der Waals surface area contributed by atoms with Gasteiger partial charge in [-0.2, -0.15) is 0 Å². The molecule has 0 saturated heterocycles. The molecule has 2 heteroatoms. The average molecular weight is 326 g/mol. The molecule has 1 aromatic heterocycles. The minimum atomic E-state index is 0.331. The van der Waals surface area contributed by atoms with Crippen LogP contribution in [-0.2, 0) is 12.8 Å². The van der Waals surface area contributed by atoms with Crippen LogP contribution >= 0.6 is 0 Å². The molecule has 4 rings (SSSR count). The normalized spacial score (nSPS) is 11.3. The van der Waals surface area contributed by atoms with Gasteiger partial charge in [0.2, 0.25) is 0 Å². The molecule has 0 aliphatic rings. The lowest BCUT2D eigenvalue weighted by atomic mass is 9.92. The van der Waals surface area contributed by atoms with Gasteiger partial charge in [0.05, 0.1) is 11.0 Å². The van der Waals surface area contributed by atoms with Crippen molar-refractivity contribution in [1.82, 2.24) is 9.97 Å². The molecule has 1 heterocycles. The van der Waals surface area contributed by atoms with Crippen LogP contribution < -0.4 is 0 Å². The number of aromatic amines is 1. The predicted octanol–water partition coefficient (Wildman–Crippen LogP) is 5.44. The zero-order valence-corrected chi connectivity index (χ0v) is 14.4. The van der Waals surface area contributed by atoms with Crippen LogP contribution in [0.3, 0.4) is 0 Å².